The molecule has 7 heteroatoms. The molecule has 1 N–H and O–H groups in total. The summed E-state index contributed by atoms with van der Waals surface area (Å²) < 4.78 is 22.6. The summed E-state index contributed by atoms with van der Waals surface area (Å²) in [7, 11) is -3.36. The molecule has 1 aromatic carbocycles. The average Bonchev–Trinajstić information content (AvgIpc) is 2.87. The molecule has 2 heterocycles. The number of β-amino-alcohol motifs (C(OH)–C–C–N with tert-alkyl or cyclic N) is 1. The highest BCUT2D eigenvalue weighted by molar-refractivity contribution is 7.91. The number of hydrogen-bond donors (Lipinski definition) is 1. The van der Waals surface area contributed by atoms with E-state index in [1.165, 1.54) is 4.90 Å². The molecule has 0 radical (unpaired) electrons. The molecule has 6 nitrogen and oxygen atoms in total. The Morgan fingerprint density at radius 3 is 2.79 bits per heavy atom. The van der Waals surface area contributed by atoms with Gasteiger partial charge in [0.1, 0.15) is 5.75 Å². The number of benzene rings is 1. The predicted molar refractivity (Wildman–Crippen MR) is 91.2 cm³/mol. The van der Waals surface area contributed by atoms with E-state index in [2.05, 4.69) is 4.98 Å². The van der Waals surface area contributed by atoms with Crippen LogP contribution in [0, 0.1) is 5.92 Å². The molecule has 1 amide bonds. The van der Waals surface area contributed by atoms with Crippen molar-refractivity contribution in [1.29, 1.82) is 0 Å². The van der Waals surface area contributed by atoms with Crippen LogP contribution in [-0.2, 0) is 21.1 Å². The second-order valence-electron chi connectivity index (χ2n) is 6.39. The Balaban J connectivity index is 1.75. The van der Waals surface area contributed by atoms with Gasteiger partial charge in [0, 0.05) is 36.8 Å². The van der Waals surface area contributed by atoms with E-state index in [0.29, 0.717) is 13.0 Å². The summed E-state index contributed by atoms with van der Waals surface area (Å²) in [4.78, 5) is 17.8. The summed E-state index contributed by atoms with van der Waals surface area (Å²) >= 11 is 0. The lowest BCUT2D eigenvalue weighted by atomic mass is 9.94. The number of aliphatic hydroxyl groups is 1. The van der Waals surface area contributed by atoms with E-state index in [1.54, 1.807) is 6.20 Å². The van der Waals surface area contributed by atoms with Gasteiger partial charge in [0.15, 0.2) is 9.84 Å². The van der Waals surface area contributed by atoms with Crippen LogP contribution in [0.25, 0.3) is 10.9 Å². The molecule has 1 fully saturated rings. The number of likely N-dealkylation sites (tertiary alicyclic amines) is 1. The molecular formula is C17H20N2O4S. The minimum atomic E-state index is -3.36. The third-order valence-electron chi connectivity index (χ3n) is 4.37. The van der Waals surface area contributed by atoms with Crippen LogP contribution in [0.1, 0.15) is 5.56 Å². The summed E-state index contributed by atoms with van der Waals surface area (Å²) in [5.74, 6) is -1.07. The van der Waals surface area contributed by atoms with Gasteiger partial charge in [-0.25, -0.2) is 8.42 Å². The van der Waals surface area contributed by atoms with Crippen LogP contribution in [0.15, 0.2) is 36.5 Å². The van der Waals surface area contributed by atoms with Crippen molar-refractivity contribution in [2.24, 2.45) is 5.92 Å². The number of para-hydroxylation sites is 1. The minimum absolute atomic E-state index is 0.112. The van der Waals surface area contributed by atoms with E-state index in [-0.39, 0.29) is 12.5 Å². The monoisotopic (exact) mass is 348 g/mol. The molecule has 0 aliphatic carbocycles. The Hall–Kier alpha value is -1.99. The first-order valence-electron chi connectivity index (χ1n) is 7.79. The first-order valence-corrected chi connectivity index (χ1v) is 9.86. The van der Waals surface area contributed by atoms with Crippen molar-refractivity contribution in [3.05, 3.63) is 42.1 Å². The molecule has 0 bridgehead atoms. The molecule has 128 valence electrons. The van der Waals surface area contributed by atoms with Gasteiger partial charge < -0.3 is 10.0 Å². The number of pyridine rings is 1. The van der Waals surface area contributed by atoms with Gasteiger partial charge in [-0.2, -0.15) is 0 Å². The molecule has 24 heavy (non-hydrogen) atoms. The number of carbonyl (C=O) groups excluding carboxylic acids is 1. The zero-order valence-corrected chi connectivity index (χ0v) is 14.2. The van der Waals surface area contributed by atoms with Crippen LogP contribution in [0.4, 0.5) is 0 Å². The number of amides is 1. The highest BCUT2D eigenvalue weighted by atomic mass is 32.2. The second kappa shape index (κ2) is 6.49. The number of hydrogen-bond acceptors (Lipinski definition) is 5. The number of aliphatic hydroxyl groups excluding tert-OH is 1. The number of fused-ring (bicyclic) bond motifs is 1. The van der Waals surface area contributed by atoms with Gasteiger partial charge in [0.2, 0.25) is 5.91 Å². The van der Waals surface area contributed by atoms with Gasteiger partial charge in [0.25, 0.3) is 0 Å². The fourth-order valence-corrected chi connectivity index (χ4v) is 3.82. The fraction of sp³-hybridized carbons (Fsp3) is 0.412. The highest BCUT2D eigenvalue weighted by Crippen LogP contribution is 2.25. The van der Waals surface area contributed by atoms with Crippen LogP contribution < -0.4 is 0 Å². The van der Waals surface area contributed by atoms with Crippen LogP contribution in [0.3, 0.4) is 0 Å². The van der Waals surface area contributed by atoms with E-state index in [4.69, 9.17) is 0 Å². The molecular weight excluding hydrogens is 328 g/mol. The molecule has 2 aromatic rings. The van der Waals surface area contributed by atoms with Crippen molar-refractivity contribution < 1.29 is 18.3 Å². The normalized spacial score (nSPS) is 21.3. The highest BCUT2D eigenvalue weighted by Gasteiger charge is 2.35. The SMILES string of the molecule is CS(=O)(=O)CC(=O)N1C[C@@H](Cc2ccnc3ccccc23)[C@@H](O)C1. The minimum Gasteiger partial charge on any atom is -0.391 e. The predicted octanol–water partition coefficient (Wildman–Crippen LogP) is 0.641. The van der Waals surface area contributed by atoms with Crippen molar-refractivity contribution in [2.75, 3.05) is 25.1 Å². The zero-order valence-electron chi connectivity index (χ0n) is 13.4. The fourth-order valence-electron chi connectivity index (χ4n) is 3.19. The number of nitrogens with zero attached hydrogens (tertiary/aromatic N) is 2. The van der Waals surface area contributed by atoms with Crippen LogP contribution in [-0.4, -0.2) is 60.5 Å². The van der Waals surface area contributed by atoms with E-state index in [0.717, 1.165) is 22.7 Å². The average molecular weight is 348 g/mol. The van der Waals surface area contributed by atoms with Crippen molar-refractivity contribution in [3.63, 3.8) is 0 Å². The van der Waals surface area contributed by atoms with Crippen LogP contribution in [0.2, 0.25) is 0 Å². The molecule has 1 aliphatic rings. The number of rotatable bonds is 4. The van der Waals surface area contributed by atoms with E-state index in [9.17, 15) is 18.3 Å². The molecule has 0 unspecified atom stereocenters. The van der Waals surface area contributed by atoms with Gasteiger partial charge in [-0.05, 0) is 24.1 Å². The van der Waals surface area contributed by atoms with Crippen LogP contribution >= 0.6 is 0 Å². The smallest absolute Gasteiger partial charge is 0.237 e. The summed E-state index contributed by atoms with van der Waals surface area (Å²) in [6.07, 6.45) is 2.75. The van der Waals surface area contributed by atoms with E-state index < -0.39 is 27.6 Å². The Labute approximate surface area is 141 Å². The Morgan fingerprint density at radius 1 is 1.29 bits per heavy atom. The van der Waals surface area contributed by atoms with Gasteiger partial charge in [-0.3, -0.25) is 9.78 Å². The van der Waals surface area contributed by atoms with E-state index in [1.807, 2.05) is 30.3 Å². The molecule has 1 aromatic heterocycles. The lowest BCUT2D eigenvalue weighted by molar-refractivity contribution is -0.127. The summed E-state index contributed by atoms with van der Waals surface area (Å²) in [5, 5.41) is 11.3. The van der Waals surface area contributed by atoms with Gasteiger partial charge in [-0.15, -0.1) is 0 Å². The Morgan fingerprint density at radius 2 is 2.04 bits per heavy atom. The Bertz CT molecular complexity index is 861. The first-order chi connectivity index (χ1) is 11.3. The summed E-state index contributed by atoms with van der Waals surface area (Å²) in [6, 6.07) is 9.73. The third kappa shape index (κ3) is 3.73. The second-order valence-corrected chi connectivity index (χ2v) is 8.53. The summed E-state index contributed by atoms with van der Waals surface area (Å²) in [6.45, 7) is 0.550. The maximum atomic E-state index is 12.0. The molecule has 2 atom stereocenters. The zero-order chi connectivity index (χ0) is 17.3. The largest absolute Gasteiger partial charge is 0.391 e. The number of aromatic nitrogens is 1. The number of carbonyl (C=O) groups is 1. The molecule has 3 rings (SSSR count). The number of sulfone groups is 1. The molecule has 1 aliphatic heterocycles. The summed E-state index contributed by atoms with van der Waals surface area (Å²) in [5.41, 5.74) is 1.97. The van der Waals surface area contributed by atoms with Gasteiger partial charge >= 0.3 is 0 Å². The van der Waals surface area contributed by atoms with Gasteiger partial charge in [-0.1, -0.05) is 18.2 Å². The maximum absolute atomic E-state index is 12.0. The Kier molecular flexibility index (Phi) is 4.56. The molecule has 0 spiro atoms. The third-order valence-corrected chi connectivity index (χ3v) is 5.14. The standard InChI is InChI=1S/C17H20N2O4S/c1-24(22,23)11-17(21)19-9-13(16(20)10-19)8-12-6-7-18-15-5-3-2-4-14(12)15/h2-7,13,16,20H,8-11H2,1H3/t13-,16+/m1/s1. The van der Waals surface area contributed by atoms with Crippen molar-refractivity contribution >= 4 is 26.6 Å². The maximum Gasteiger partial charge on any atom is 0.237 e. The van der Waals surface area contributed by atoms with E-state index >= 15 is 0 Å². The molecule has 1 saturated heterocycles. The molecule has 0 saturated carbocycles. The lowest BCUT2D eigenvalue weighted by Gasteiger charge is -2.16. The first kappa shape index (κ1) is 16.9. The van der Waals surface area contributed by atoms with Gasteiger partial charge in [0.05, 0.1) is 11.6 Å². The van der Waals surface area contributed by atoms with Crippen molar-refractivity contribution in [3.8, 4) is 0 Å². The van der Waals surface area contributed by atoms with Crippen molar-refractivity contribution in [1.82, 2.24) is 9.88 Å². The van der Waals surface area contributed by atoms with Crippen molar-refractivity contribution in [2.45, 2.75) is 12.5 Å². The van der Waals surface area contributed by atoms with Crippen LogP contribution in [0.5, 0.6) is 0 Å². The lowest BCUT2D eigenvalue weighted by Crippen LogP contribution is -2.34. The topological polar surface area (TPSA) is 87.6 Å². The quantitative estimate of drug-likeness (QED) is 0.876.